The molecule has 3 N–H and O–H groups in total. The van der Waals surface area contributed by atoms with Gasteiger partial charge in [-0.05, 0) is 12.1 Å². The standard InChI is InChI=1S/C17H18N4O4/c1-25-17(24)13-10-21(7-8-22)16(23)14(13)20-12-4-2-3-11(9-12)15-18-5-6-19-15/h2-6,9,20,22H,7-8,10H2,1H3,(H,18,19). The van der Waals surface area contributed by atoms with Crippen molar-refractivity contribution < 1.29 is 19.4 Å². The van der Waals surface area contributed by atoms with Crippen molar-refractivity contribution in [3.05, 3.63) is 47.9 Å². The number of rotatable bonds is 6. The third-order valence-corrected chi connectivity index (χ3v) is 3.86. The summed E-state index contributed by atoms with van der Waals surface area (Å²) < 4.78 is 4.77. The summed E-state index contributed by atoms with van der Waals surface area (Å²) >= 11 is 0. The lowest BCUT2D eigenvalue weighted by molar-refractivity contribution is -0.136. The molecular formula is C17H18N4O4. The van der Waals surface area contributed by atoms with Crippen LogP contribution in [0.4, 0.5) is 5.69 Å². The van der Waals surface area contributed by atoms with Crippen molar-refractivity contribution in [3.63, 3.8) is 0 Å². The molecule has 2 aromatic rings. The van der Waals surface area contributed by atoms with Gasteiger partial charge in [0, 0.05) is 30.2 Å². The fourth-order valence-electron chi connectivity index (χ4n) is 2.66. The zero-order valence-electron chi connectivity index (χ0n) is 13.7. The fourth-order valence-corrected chi connectivity index (χ4v) is 2.66. The third-order valence-electron chi connectivity index (χ3n) is 3.86. The number of nitrogens with one attached hydrogen (secondary N) is 2. The highest BCUT2D eigenvalue weighted by Crippen LogP contribution is 2.25. The van der Waals surface area contributed by atoms with Gasteiger partial charge in [0.25, 0.3) is 5.91 Å². The molecule has 8 nitrogen and oxygen atoms in total. The lowest BCUT2D eigenvalue weighted by Gasteiger charge is -2.15. The lowest BCUT2D eigenvalue weighted by atomic mass is 10.1. The molecule has 0 aliphatic carbocycles. The summed E-state index contributed by atoms with van der Waals surface area (Å²) in [6, 6.07) is 7.32. The second-order valence-corrected chi connectivity index (χ2v) is 5.44. The predicted octanol–water partition coefficient (Wildman–Crippen LogP) is 0.750. The Hall–Kier alpha value is -3.13. The Morgan fingerprint density at radius 1 is 1.48 bits per heavy atom. The van der Waals surface area contributed by atoms with Crippen molar-refractivity contribution in [2.24, 2.45) is 0 Å². The molecule has 0 saturated carbocycles. The molecule has 1 aromatic carbocycles. The van der Waals surface area contributed by atoms with Gasteiger partial charge in [0.1, 0.15) is 11.5 Å². The number of aliphatic hydroxyl groups excluding tert-OH is 1. The Balaban J connectivity index is 1.90. The number of nitrogens with zero attached hydrogens (tertiary/aromatic N) is 2. The van der Waals surface area contributed by atoms with Gasteiger partial charge in [-0.1, -0.05) is 12.1 Å². The van der Waals surface area contributed by atoms with Crippen molar-refractivity contribution >= 4 is 17.6 Å². The number of aromatic amines is 1. The number of amides is 1. The first kappa shape index (κ1) is 16.7. The number of carbonyl (C=O) groups excluding carboxylic acids is 2. The molecule has 1 aliphatic rings. The number of benzene rings is 1. The van der Waals surface area contributed by atoms with Crippen molar-refractivity contribution in [2.75, 3.05) is 32.1 Å². The van der Waals surface area contributed by atoms with E-state index in [0.29, 0.717) is 11.5 Å². The van der Waals surface area contributed by atoms with E-state index in [4.69, 9.17) is 9.84 Å². The molecule has 0 unspecified atom stereocenters. The second-order valence-electron chi connectivity index (χ2n) is 5.44. The van der Waals surface area contributed by atoms with Gasteiger partial charge in [0.2, 0.25) is 0 Å². The number of imidazole rings is 1. The summed E-state index contributed by atoms with van der Waals surface area (Å²) in [5.41, 5.74) is 1.89. The minimum atomic E-state index is -0.571. The lowest BCUT2D eigenvalue weighted by Crippen LogP contribution is -2.31. The first-order valence-corrected chi connectivity index (χ1v) is 7.72. The first-order chi connectivity index (χ1) is 12.1. The number of aliphatic hydroxyl groups is 1. The summed E-state index contributed by atoms with van der Waals surface area (Å²) in [5.74, 6) is -0.221. The van der Waals surface area contributed by atoms with Gasteiger partial charge in [0.15, 0.2) is 0 Å². The first-order valence-electron chi connectivity index (χ1n) is 7.72. The maximum atomic E-state index is 12.5. The molecule has 0 spiro atoms. The van der Waals surface area contributed by atoms with Gasteiger partial charge in [-0.15, -0.1) is 0 Å². The maximum Gasteiger partial charge on any atom is 0.337 e. The molecule has 130 valence electrons. The largest absolute Gasteiger partial charge is 0.466 e. The second kappa shape index (κ2) is 7.18. The highest BCUT2D eigenvalue weighted by molar-refractivity contribution is 6.08. The van der Waals surface area contributed by atoms with Crippen LogP contribution in [0.1, 0.15) is 0 Å². The van der Waals surface area contributed by atoms with Gasteiger partial charge < -0.3 is 25.0 Å². The number of hydrogen-bond acceptors (Lipinski definition) is 6. The van der Waals surface area contributed by atoms with E-state index in [9.17, 15) is 9.59 Å². The van der Waals surface area contributed by atoms with Crippen LogP contribution in [0.3, 0.4) is 0 Å². The van der Waals surface area contributed by atoms with Gasteiger partial charge in [-0.2, -0.15) is 0 Å². The van der Waals surface area contributed by atoms with Crippen LogP contribution in [0.2, 0.25) is 0 Å². The number of H-pyrrole nitrogens is 1. The van der Waals surface area contributed by atoms with Crippen molar-refractivity contribution in [1.82, 2.24) is 14.9 Å². The van der Waals surface area contributed by atoms with E-state index in [1.54, 1.807) is 18.5 Å². The number of hydrogen-bond donors (Lipinski definition) is 3. The summed E-state index contributed by atoms with van der Waals surface area (Å²) in [6.45, 7) is 0.0741. The Morgan fingerprint density at radius 2 is 2.32 bits per heavy atom. The van der Waals surface area contributed by atoms with Crippen LogP contribution in [-0.2, 0) is 14.3 Å². The minimum absolute atomic E-state index is 0.103. The monoisotopic (exact) mass is 342 g/mol. The van der Waals surface area contributed by atoms with E-state index in [2.05, 4.69) is 15.3 Å². The molecule has 2 heterocycles. The Kier molecular flexibility index (Phi) is 4.80. The van der Waals surface area contributed by atoms with Crippen molar-refractivity contribution in [2.45, 2.75) is 0 Å². The van der Waals surface area contributed by atoms with Crippen LogP contribution in [0.15, 0.2) is 47.9 Å². The fraction of sp³-hybridized carbons (Fsp3) is 0.235. The van der Waals surface area contributed by atoms with Crippen LogP contribution in [0.5, 0.6) is 0 Å². The molecule has 25 heavy (non-hydrogen) atoms. The quantitative estimate of drug-likeness (QED) is 0.669. The number of β-amino-alcohol motifs (C(OH)–C–C–N with tert-alkyl or cyclic N) is 1. The number of anilines is 1. The zero-order valence-corrected chi connectivity index (χ0v) is 13.7. The normalized spacial score (nSPS) is 14.2. The van der Waals surface area contributed by atoms with E-state index < -0.39 is 5.97 Å². The summed E-state index contributed by atoms with van der Waals surface area (Å²) in [6.07, 6.45) is 3.38. The molecule has 1 amide bonds. The Morgan fingerprint density at radius 3 is 3.00 bits per heavy atom. The molecule has 1 aromatic heterocycles. The molecule has 0 radical (unpaired) electrons. The zero-order chi connectivity index (χ0) is 17.8. The van der Waals surface area contributed by atoms with Crippen LogP contribution >= 0.6 is 0 Å². The van der Waals surface area contributed by atoms with E-state index in [0.717, 1.165) is 5.56 Å². The van der Waals surface area contributed by atoms with Crippen molar-refractivity contribution in [3.8, 4) is 11.4 Å². The van der Waals surface area contributed by atoms with Crippen LogP contribution in [0.25, 0.3) is 11.4 Å². The molecular weight excluding hydrogens is 324 g/mol. The highest BCUT2D eigenvalue weighted by atomic mass is 16.5. The maximum absolute atomic E-state index is 12.5. The molecule has 1 aliphatic heterocycles. The summed E-state index contributed by atoms with van der Waals surface area (Å²) in [7, 11) is 1.27. The molecule has 8 heteroatoms. The van der Waals surface area contributed by atoms with Gasteiger partial charge in [0.05, 0.1) is 25.8 Å². The van der Waals surface area contributed by atoms with Crippen LogP contribution in [0, 0.1) is 0 Å². The Labute approximate surface area is 144 Å². The third kappa shape index (κ3) is 3.38. The highest BCUT2D eigenvalue weighted by Gasteiger charge is 2.34. The number of ether oxygens (including phenoxy) is 1. The van der Waals surface area contributed by atoms with Crippen LogP contribution < -0.4 is 5.32 Å². The topological polar surface area (TPSA) is 108 Å². The minimum Gasteiger partial charge on any atom is -0.466 e. The average molecular weight is 342 g/mol. The summed E-state index contributed by atoms with van der Waals surface area (Å²) in [4.78, 5) is 33.1. The molecule has 0 fully saturated rings. The number of aromatic nitrogens is 2. The van der Waals surface area contributed by atoms with E-state index in [-0.39, 0.29) is 36.9 Å². The molecule has 3 rings (SSSR count). The van der Waals surface area contributed by atoms with E-state index >= 15 is 0 Å². The average Bonchev–Trinajstić information content (AvgIpc) is 3.26. The number of esters is 1. The van der Waals surface area contributed by atoms with E-state index in [1.165, 1.54) is 12.0 Å². The SMILES string of the molecule is COC(=O)C1=C(Nc2cccc(-c3ncc[nH]3)c2)C(=O)N(CCO)C1. The Bertz CT molecular complexity index is 814. The molecule has 0 saturated heterocycles. The van der Waals surface area contributed by atoms with Crippen LogP contribution in [-0.4, -0.2) is 58.7 Å². The van der Waals surface area contributed by atoms with Gasteiger partial charge in [-0.3, -0.25) is 4.79 Å². The van der Waals surface area contributed by atoms with Crippen molar-refractivity contribution in [1.29, 1.82) is 0 Å². The number of carbonyl (C=O) groups is 2. The predicted molar refractivity (Wildman–Crippen MR) is 90.4 cm³/mol. The van der Waals surface area contributed by atoms with Gasteiger partial charge in [-0.25, -0.2) is 9.78 Å². The molecule has 0 bridgehead atoms. The van der Waals surface area contributed by atoms with E-state index in [1.807, 2.05) is 18.2 Å². The smallest absolute Gasteiger partial charge is 0.337 e. The summed E-state index contributed by atoms with van der Waals surface area (Å²) in [5, 5.41) is 12.1. The van der Waals surface area contributed by atoms with Gasteiger partial charge >= 0.3 is 5.97 Å². The molecule has 0 atom stereocenters. The number of methoxy groups -OCH3 is 1.